The molecule has 6 bridgehead atoms. The lowest BCUT2D eigenvalue weighted by Crippen LogP contribution is -2.58. The minimum Gasteiger partial charge on any atom is -0.496 e. The number of benzene rings is 3. The summed E-state index contributed by atoms with van der Waals surface area (Å²) in [5, 5.41) is 5.98. The summed E-state index contributed by atoms with van der Waals surface area (Å²) in [6, 6.07) is 19.2. The number of nitrogens with one attached hydrogen (secondary N) is 2. The van der Waals surface area contributed by atoms with Crippen LogP contribution in [0, 0.1) is 0 Å². The Morgan fingerprint density at radius 3 is 2.56 bits per heavy atom. The smallest absolute Gasteiger partial charge is 0.305 e. The zero-order chi connectivity index (χ0) is 31.8. The van der Waals surface area contributed by atoms with Crippen molar-refractivity contribution in [2.24, 2.45) is 0 Å². The maximum atomic E-state index is 13.7. The molecule has 0 radical (unpaired) electrons. The van der Waals surface area contributed by atoms with E-state index < -0.39 is 12.1 Å². The van der Waals surface area contributed by atoms with Crippen LogP contribution >= 0.6 is 0 Å². The van der Waals surface area contributed by atoms with Crippen molar-refractivity contribution < 1.29 is 38.1 Å². The second kappa shape index (κ2) is 14.6. The number of hydrogen-bond acceptors (Lipinski definition) is 8. The van der Waals surface area contributed by atoms with Gasteiger partial charge in [-0.1, -0.05) is 24.3 Å². The van der Waals surface area contributed by atoms with Crippen LogP contribution in [0.1, 0.15) is 41.6 Å². The number of carbonyl (C=O) groups is 4. The van der Waals surface area contributed by atoms with Gasteiger partial charge in [0.1, 0.15) is 23.4 Å². The molecule has 3 heterocycles. The van der Waals surface area contributed by atoms with E-state index in [1.54, 1.807) is 42.3 Å². The summed E-state index contributed by atoms with van der Waals surface area (Å²) in [7, 11) is 2.88. The molecule has 1 fully saturated rings. The fourth-order valence-corrected chi connectivity index (χ4v) is 5.42. The summed E-state index contributed by atoms with van der Waals surface area (Å²) < 4.78 is 22.4. The van der Waals surface area contributed by atoms with E-state index in [1.807, 2.05) is 36.4 Å². The van der Waals surface area contributed by atoms with Crippen molar-refractivity contribution >= 4 is 23.7 Å². The largest absolute Gasteiger partial charge is 0.496 e. The second-order valence-corrected chi connectivity index (χ2v) is 10.9. The van der Waals surface area contributed by atoms with E-state index in [0.29, 0.717) is 54.3 Å². The lowest BCUT2D eigenvalue weighted by molar-refractivity contribution is -0.141. The Labute approximate surface area is 261 Å². The number of methoxy groups -OCH3 is 2. The van der Waals surface area contributed by atoms with Crippen LogP contribution in [0.2, 0.25) is 0 Å². The molecule has 0 saturated carbocycles. The highest BCUT2D eigenvalue weighted by molar-refractivity contribution is 5.96. The molecule has 3 aliphatic rings. The van der Waals surface area contributed by atoms with E-state index in [0.717, 1.165) is 11.1 Å². The SMILES string of the molecule is COC(=O)CCCC(=O)N1CC[C@H]2Oc3ccc(cc3)CNC(=O)COc3cccc(c3)-c3cc(ccc3OC)C(=O)N[C@@H]2C1. The van der Waals surface area contributed by atoms with Crippen molar-refractivity contribution in [3.8, 4) is 28.4 Å². The number of piperidine rings is 1. The molecule has 3 amide bonds. The van der Waals surface area contributed by atoms with E-state index in [1.165, 1.54) is 7.11 Å². The van der Waals surface area contributed by atoms with E-state index in [-0.39, 0.29) is 49.7 Å². The zero-order valence-corrected chi connectivity index (χ0v) is 25.4. The third kappa shape index (κ3) is 8.11. The monoisotopic (exact) mass is 615 g/mol. The van der Waals surface area contributed by atoms with E-state index in [2.05, 4.69) is 15.4 Å². The molecule has 0 unspecified atom stereocenters. The van der Waals surface area contributed by atoms with E-state index >= 15 is 0 Å². The lowest BCUT2D eigenvalue weighted by Gasteiger charge is -2.39. The summed E-state index contributed by atoms with van der Waals surface area (Å²) in [5.41, 5.74) is 2.70. The maximum absolute atomic E-state index is 13.7. The predicted molar refractivity (Wildman–Crippen MR) is 165 cm³/mol. The van der Waals surface area contributed by atoms with Gasteiger partial charge >= 0.3 is 5.97 Å². The van der Waals surface area contributed by atoms with Crippen molar-refractivity contribution in [1.82, 2.24) is 15.5 Å². The van der Waals surface area contributed by atoms with Gasteiger partial charge in [-0.3, -0.25) is 19.2 Å². The Morgan fingerprint density at radius 1 is 0.956 bits per heavy atom. The van der Waals surface area contributed by atoms with Crippen LogP contribution in [0.5, 0.6) is 17.2 Å². The van der Waals surface area contributed by atoms with Gasteiger partial charge in [-0.2, -0.15) is 0 Å². The lowest BCUT2D eigenvalue weighted by atomic mass is 9.98. The molecule has 2 atom stereocenters. The molecule has 3 aromatic rings. The van der Waals surface area contributed by atoms with Crippen molar-refractivity contribution in [2.45, 2.75) is 44.4 Å². The van der Waals surface area contributed by atoms with Crippen LogP contribution in [0.15, 0.2) is 66.7 Å². The minimum atomic E-state index is -0.511. The summed E-state index contributed by atoms with van der Waals surface area (Å²) in [4.78, 5) is 52.5. The number of ether oxygens (including phenoxy) is 4. The first kappa shape index (κ1) is 31.4. The van der Waals surface area contributed by atoms with E-state index in [4.69, 9.17) is 14.2 Å². The van der Waals surface area contributed by atoms with Crippen LogP contribution < -0.4 is 24.8 Å². The molecule has 11 nitrogen and oxygen atoms in total. The number of esters is 1. The summed E-state index contributed by atoms with van der Waals surface area (Å²) in [5.74, 6) is 0.621. The molecule has 45 heavy (non-hydrogen) atoms. The predicted octanol–water partition coefficient (Wildman–Crippen LogP) is 3.49. The number of fused-ring (bicyclic) bond motifs is 7. The molecule has 3 aliphatic heterocycles. The minimum absolute atomic E-state index is 0.0988. The zero-order valence-electron chi connectivity index (χ0n) is 25.4. The maximum Gasteiger partial charge on any atom is 0.305 e. The Morgan fingerprint density at radius 2 is 1.78 bits per heavy atom. The molecule has 236 valence electrons. The van der Waals surface area contributed by atoms with Crippen molar-refractivity contribution in [2.75, 3.05) is 33.9 Å². The van der Waals surface area contributed by atoms with Crippen molar-refractivity contribution in [3.05, 3.63) is 77.9 Å². The normalized spacial score (nSPS) is 18.3. The molecular formula is C34H37N3O8. The van der Waals surface area contributed by atoms with Gasteiger partial charge < -0.3 is 34.5 Å². The number of rotatable bonds is 5. The average molecular weight is 616 g/mol. The van der Waals surface area contributed by atoms with Crippen LogP contribution in [0.4, 0.5) is 0 Å². The molecule has 6 rings (SSSR count). The summed E-state index contributed by atoms with van der Waals surface area (Å²) >= 11 is 0. The van der Waals surface area contributed by atoms with Gasteiger partial charge in [0.25, 0.3) is 11.8 Å². The van der Waals surface area contributed by atoms with Crippen LogP contribution in [0.3, 0.4) is 0 Å². The van der Waals surface area contributed by atoms with E-state index in [9.17, 15) is 19.2 Å². The molecule has 0 aliphatic carbocycles. The summed E-state index contributed by atoms with van der Waals surface area (Å²) in [6.45, 7) is 0.864. The number of likely N-dealkylation sites (tertiary alicyclic amines) is 1. The molecule has 2 N–H and O–H groups in total. The van der Waals surface area contributed by atoms with Crippen LogP contribution in [-0.4, -0.2) is 74.7 Å². The number of amides is 3. The van der Waals surface area contributed by atoms with Gasteiger partial charge in [0, 0.05) is 50.0 Å². The van der Waals surface area contributed by atoms with Gasteiger partial charge in [-0.25, -0.2) is 0 Å². The molecular weight excluding hydrogens is 578 g/mol. The number of hydrogen-bond donors (Lipinski definition) is 2. The molecule has 3 aromatic carbocycles. The number of carbonyl (C=O) groups excluding carboxylic acids is 4. The first-order valence-corrected chi connectivity index (χ1v) is 14.9. The van der Waals surface area contributed by atoms with Gasteiger partial charge in [0.2, 0.25) is 5.91 Å². The fourth-order valence-electron chi connectivity index (χ4n) is 5.42. The molecule has 0 spiro atoms. The Kier molecular flexibility index (Phi) is 10.2. The van der Waals surface area contributed by atoms with Gasteiger partial charge in [-0.15, -0.1) is 0 Å². The fraction of sp³-hybridized carbons (Fsp3) is 0.353. The van der Waals surface area contributed by atoms with Gasteiger partial charge in [-0.05, 0) is 60.0 Å². The van der Waals surface area contributed by atoms with Crippen LogP contribution in [0.25, 0.3) is 11.1 Å². The third-order valence-electron chi connectivity index (χ3n) is 7.89. The average Bonchev–Trinajstić information content (AvgIpc) is 3.07. The van der Waals surface area contributed by atoms with Crippen LogP contribution in [-0.2, 0) is 25.7 Å². The quantitative estimate of drug-likeness (QED) is 0.417. The Balaban J connectivity index is 1.43. The second-order valence-electron chi connectivity index (χ2n) is 10.9. The first-order valence-electron chi connectivity index (χ1n) is 14.9. The molecule has 1 saturated heterocycles. The van der Waals surface area contributed by atoms with Gasteiger partial charge in [0.15, 0.2) is 6.61 Å². The topological polar surface area (TPSA) is 132 Å². The Hall–Kier alpha value is -5.06. The Bertz CT molecular complexity index is 1540. The molecule has 11 heteroatoms. The summed E-state index contributed by atoms with van der Waals surface area (Å²) in [6.07, 6.45) is 0.829. The number of nitrogens with zero attached hydrogens (tertiary/aromatic N) is 1. The standard InChI is InChI=1S/C34H37N3O8/c1-42-29-14-11-24-18-27(29)23-5-3-6-26(17-23)44-21-31(38)35-19-22-9-12-25(13-10-22)45-30-15-16-37(20-28(30)36-34(24)41)32(39)7-4-8-33(40)43-2/h3,5-6,9-14,17-18,28,30H,4,7-8,15-16,19-21H2,1-2H3,(H,35,38)(H,36,41)/t28-,30-/m1/s1. The molecule has 0 aromatic heterocycles. The highest BCUT2D eigenvalue weighted by Crippen LogP contribution is 2.33. The highest BCUT2D eigenvalue weighted by Gasteiger charge is 2.34. The third-order valence-corrected chi connectivity index (χ3v) is 7.89. The van der Waals surface area contributed by atoms with Gasteiger partial charge in [0.05, 0.1) is 20.3 Å². The van der Waals surface area contributed by atoms with Crippen molar-refractivity contribution in [1.29, 1.82) is 0 Å². The van der Waals surface area contributed by atoms with Crippen molar-refractivity contribution in [3.63, 3.8) is 0 Å². The first-order chi connectivity index (χ1) is 21.8. The highest BCUT2D eigenvalue weighted by atomic mass is 16.5.